The molecule has 2 saturated heterocycles. The van der Waals surface area contributed by atoms with Gasteiger partial charge in [0, 0.05) is 31.7 Å². The molecule has 2 fully saturated rings. The van der Waals surface area contributed by atoms with Crippen LogP contribution in [0.5, 0.6) is 0 Å². The van der Waals surface area contributed by atoms with E-state index < -0.39 is 0 Å². The van der Waals surface area contributed by atoms with Gasteiger partial charge in [0.25, 0.3) is 0 Å². The molecule has 2 aliphatic heterocycles. The third kappa shape index (κ3) is 3.15. The third-order valence-corrected chi connectivity index (χ3v) is 6.31. The van der Waals surface area contributed by atoms with Crippen LogP contribution in [0.2, 0.25) is 0 Å². The van der Waals surface area contributed by atoms with E-state index >= 15 is 0 Å². The van der Waals surface area contributed by atoms with Crippen molar-refractivity contribution in [3.8, 4) is 0 Å². The highest BCUT2D eigenvalue weighted by Gasteiger charge is 2.29. The van der Waals surface area contributed by atoms with Gasteiger partial charge in [0.05, 0.1) is 16.9 Å². The first kappa shape index (κ1) is 15.9. The van der Waals surface area contributed by atoms with Gasteiger partial charge in [-0.05, 0) is 49.1 Å². The van der Waals surface area contributed by atoms with Crippen molar-refractivity contribution in [2.75, 3.05) is 31.5 Å². The zero-order valence-electron chi connectivity index (χ0n) is 14.2. The number of hydrogen-bond donors (Lipinski definition) is 1. The molecule has 0 bridgehead atoms. The quantitative estimate of drug-likeness (QED) is 0.924. The van der Waals surface area contributed by atoms with Gasteiger partial charge in [-0.2, -0.15) is 0 Å². The number of fused-ring (bicyclic) bond motifs is 1. The van der Waals surface area contributed by atoms with E-state index in [4.69, 9.17) is 0 Å². The Morgan fingerprint density at radius 1 is 1.29 bits per heavy atom. The summed E-state index contributed by atoms with van der Waals surface area (Å²) >= 11 is 1.79. The number of hydrogen-bond acceptors (Lipinski definition) is 4. The zero-order valence-corrected chi connectivity index (χ0v) is 15.0. The van der Waals surface area contributed by atoms with Crippen LogP contribution in [0.25, 0.3) is 10.1 Å². The molecular weight excluding hydrogens is 318 g/mol. The molecular formula is C19H25N3OS. The Morgan fingerprint density at radius 3 is 3.04 bits per heavy atom. The van der Waals surface area contributed by atoms with E-state index in [-0.39, 0.29) is 0 Å². The lowest BCUT2D eigenvalue weighted by Gasteiger charge is -2.24. The van der Waals surface area contributed by atoms with Gasteiger partial charge in [0.1, 0.15) is 0 Å². The summed E-state index contributed by atoms with van der Waals surface area (Å²) < 4.78 is 1.33. The first-order valence-corrected chi connectivity index (χ1v) is 9.83. The lowest BCUT2D eigenvalue weighted by molar-refractivity contribution is -0.132. The minimum absolute atomic E-state index is 0.306. The number of carbonyl (C=O) groups is 1. The summed E-state index contributed by atoms with van der Waals surface area (Å²) in [7, 11) is 0. The van der Waals surface area contributed by atoms with E-state index in [9.17, 15) is 4.79 Å². The van der Waals surface area contributed by atoms with Crippen molar-refractivity contribution >= 4 is 33.0 Å². The first-order chi connectivity index (χ1) is 11.7. The van der Waals surface area contributed by atoms with Crippen LogP contribution in [0.3, 0.4) is 0 Å². The number of amides is 1. The molecule has 2 atom stereocenters. The van der Waals surface area contributed by atoms with E-state index in [0.717, 1.165) is 38.9 Å². The summed E-state index contributed by atoms with van der Waals surface area (Å²) in [5.41, 5.74) is 1.23. The second-order valence-corrected chi connectivity index (χ2v) is 8.00. The predicted octanol–water partition coefficient (Wildman–Crippen LogP) is 3.40. The summed E-state index contributed by atoms with van der Waals surface area (Å²) in [6.07, 6.45) is 3.41. The van der Waals surface area contributed by atoms with Crippen LogP contribution in [-0.4, -0.2) is 54.0 Å². The Balaban J connectivity index is 1.35. The van der Waals surface area contributed by atoms with Crippen molar-refractivity contribution in [1.82, 2.24) is 9.80 Å². The van der Waals surface area contributed by atoms with Crippen LogP contribution in [0, 0.1) is 0 Å². The minimum atomic E-state index is 0.306. The Hall–Kier alpha value is -1.59. The van der Waals surface area contributed by atoms with Gasteiger partial charge in [-0.25, -0.2) is 0 Å². The monoisotopic (exact) mass is 343 g/mol. The minimum Gasteiger partial charge on any atom is -0.380 e. The molecule has 1 aromatic heterocycles. The van der Waals surface area contributed by atoms with E-state index in [0.29, 0.717) is 24.5 Å². The van der Waals surface area contributed by atoms with Crippen LogP contribution in [0.4, 0.5) is 5.69 Å². The van der Waals surface area contributed by atoms with Gasteiger partial charge in [0.15, 0.2) is 0 Å². The number of thiophene rings is 1. The molecule has 0 unspecified atom stereocenters. The molecule has 1 aromatic carbocycles. The molecule has 2 aromatic rings. The van der Waals surface area contributed by atoms with Crippen LogP contribution >= 0.6 is 11.3 Å². The standard InChI is InChI=1S/C19H25N3OS/c1-14-4-3-9-22(14)18(23)13-21-10-7-16(12-21)20-17-6-2-5-15-8-11-24-19(15)17/h2,5-6,8,11,14,16,20H,3-4,7,9-10,12-13H2,1H3/t14-,16+/m1/s1. The van der Waals surface area contributed by atoms with Gasteiger partial charge in [-0.1, -0.05) is 12.1 Å². The number of nitrogens with one attached hydrogen (secondary N) is 1. The molecule has 4 rings (SSSR count). The first-order valence-electron chi connectivity index (χ1n) is 8.95. The zero-order chi connectivity index (χ0) is 16.5. The average Bonchev–Trinajstić information content (AvgIpc) is 3.28. The highest BCUT2D eigenvalue weighted by Crippen LogP contribution is 2.30. The fraction of sp³-hybridized carbons (Fsp3) is 0.526. The summed E-state index contributed by atoms with van der Waals surface area (Å²) in [6.45, 7) is 5.64. The normalized spacial score (nSPS) is 24.8. The molecule has 24 heavy (non-hydrogen) atoms. The molecule has 0 aliphatic carbocycles. The topological polar surface area (TPSA) is 35.6 Å². The van der Waals surface area contributed by atoms with Crippen molar-refractivity contribution < 1.29 is 4.79 Å². The van der Waals surface area contributed by atoms with Crippen LogP contribution in [0.15, 0.2) is 29.6 Å². The van der Waals surface area contributed by atoms with Gasteiger partial charge in [-0.3, -0.25) is 9.69 Å². The third-order valence-electron chi connectivity index (χ3n) is 5.34. The van der Waals surface area contributed by atoms with Gasteiger partial charge >= 0.3 is 0 Å². The number of carbonyl (C=O) groups excluding carboxylic acids is 1. The van der Waals surface area contributed by atoms with Gasteiger partial charge in [0.2, 0.25) is 5.91 Å². The summed E-state index contributed by atoms with van der Waals surface area (Å²) in [5, 5.41) is 7.14. The number of anilines is 1. The summed E-state index contributed by atoms with van der Waals surface area (Å²) in [5.74, 6) is 0.306. The van der Waals surface area contributed by atoms with E-state index in [1.807, 2.05) is 0 Å². The molecule has 4 nitrogen and oxygen atoms in total. The largest absolute Gasteiger partial charge is 0.380 e. The van der Waals surface area contributed by atoms with E-state index in [2.05, 4.69) is 51.7 Å². The summed E-state index contributed by atoms with van der Waals surface area (Å²) in [6, 6.07) is 9.46. The highest BCUT2D eigenvalue weighted by molar-refractivity contribution is 7.17. The maximum absolute atomic E-state index is 12.5. The molecule has 2 aliphatic rings. The van der Waals surface area contributed by atoms with Crippen LogP contribution in [0.1, 0.15) is 26.2 Å². The molecule has 5 heteroatoms. The van der Waals surface area contributed by atoms with Crippen LogP contribution < -0.4 is 5.32 Å². The Bertz CT molecular complexity index is 728. The maximum Gasteiger partial charge on any atom is 0.236 e. The van der Waals surface area contributed by atoms with Crippen molar-refractivity contribution in [3.63, 3.8) is 0 Å². The smallest absolute Gasteiger partial charge is 0.236 e. The van der Waals surface area contributed by atoms with Crippen molar-refractivity contribution in [3.05, 3.63) is 29.6 Å². The van der Waals surface area contributed by atoms with Crippen molar-refractivity contribution in [2.24, 2.45) is 0 Å². The summed E-state index contributed by atoms with van der Waals surface area (Å²) in [4.78, 5) is 16.9. The van der Waals surface area contributed by atoms with E-state index in [1.165, 1.54) is 15.8 Å². The lowest BCUT2D eigenvalue weighted by Crippen LogP contribution is -2.41. The number of rotatable bonds is 4. The van der Waals surface area contributed by atoms with Gasteiger partial charge in [-0.15, -0.1) is 11.3 Å². The molecule has 0 saturated carbocycles. The fourth-order valence-electron chi connectivity index (χ4n) is 4.01. The number of nitrogens with zero attached hydrogens (tertiary/aromatic N) is 2. The Morgan fingerprint density at radius 2 is 2.21 bits per heavy atom. The van der Waals surface area contributed by atoms with Gasteiger partial charge < -0.3 is 10.2 Å². The Kier molecular flexibility index (Phi) is 4.46. The SMILES string of the molecule is C[C@@H]1CCCN1C(=O)CN1CC[C@H](Nc2cccc3ccsc23)C1. The molecule has 1 amide bonds. The second-order valence-electron chi connectivity index (χ2n) is 7.09. The molecule has 0 radical (unpaired) electrons. The molecule has 1 N–H and O–H groups in total. The number of benzene rings is 1. The maximum atomic E-state index is 12.5. The molecule has 3 heterocycles. The number of likely N-dealkylation sites (tertiary alicyclic amines) is 2. The van der Waals surface area contributed by atoms with Crippen molar-refractivity contribution in [2.45, 2.75) is 38.3 Å². The van der Waals surface area contributed by atoms with Crippen LogP contribution in [-0.2, 0) is 4.79 Å². The second kappa shape index (κ2) is 6.73. The van der Waals surface area contributed by atoms with Crippen molar-refractivity contribution in [1.29, 1.82) is 0 Å². The van der Waals surface area contributed by atoms with E-state index in [1.54, 1.807) is 11.3 Å². The molecule has 0 spiro atoms. The lowest BCUT2D eigenvalue weighted by atomic mass is 10.2. The Labute approximate surface area is 147 Å². The average molecular weight is 343 g/mol. The molecule has 128 valence electrons. The fourth-order valence-corrected chi connectivity index (χ4v) is 4.88. The predicted molar refractivity (Wildman–Crippen MR) is 101 cm³/mol. The highest BCUT2D eigenvalue weighted by atomic mass is 32.1.